The minimum absolute atomic E-state index is 0.0568. The summed E-state index contributed by atoms with van der Waals surface area (Å²) in [6, 6.07) is 7.44. The first-order chi connectivity index (χ1) is 9.04. The number of carbonyl (C=O) groups is 1. The topological polar surface area (TPSA) is 53.9 Å². The number of hydrogen-bond donors (Lipinski definition) is 1. The van der Waals surface area contributed by atoms with Crippen LogP contribution in [0.15, 0.2) is 29.3 Å². The van der Waals surface area contributed by atoms with Crippen LogP contribution in [0.25, 0.3) is 0 Å². The van der Waals surface area contributed by atoms with Crippen LogP contribution in [0.1, 0.15) is 13.8 Å². The Morgan fingerprint density at radius 1 is 1.37 bits per heavy atom. The third kappa shape index (κ3) is 5.09. The molecule has 1 rings (SSSR count). The molecule has 0 spiro atoms. The number of carbonyl (C=O) groups excluding carboxylic acids is 1. The number of nitrogens with zero attached hydrogens (tertiary/aromatic N) is 2. The monoisotopic (exact) mass is 263 g/mol. The molecule has 0 unspecified atom stereocenters. The Morgan fingerprint density at radius 3 is 2.68 bits per heavy atom. The molecule has 0 heterocycles. The van der Waals surface area contributed by atoms with Crippen molar-refractivity contribution in [1.82, 2.24) is 4.90 Å². The maximum atomic E-state index is 11.6. The van der Waals surface area contributed by atoms with Gasteiger partial charge in [-0.05, 0) is 26.0 Å². The molecule has 0 aliphatic heterocycles. The van der Waals surface area contributed by atoms with Gasteiger partial charge in [-0.25, -0.2) is 4.99 Å². The van der Waals surface area contributed by atoms with Crippen molar-refractivity contribution in [3.8, 4) is 0 Å². The number of amidine groups is 1. The van der Waals surface area contributed by atoms with E-state index in [-0.39, 0.29) is 12.5 Å². The summed E-state index contributed by atoms with van der Waals surface area (Å²) in [4.78, 5) is 18.0. The van der Waals surface area contributed by atoms with E-state index in [0.29, 0.717) is 12.3 Å². The number of benzene rings is 1. The average Bonchev–Trinajstić information content (AvgIpc) is 2.38. The molecule has 0 bridgehead atoms. The minimum atomic E-state index is -0.174. The molecule has 0 radical (unpaired) electrons. The lowest BCUT2D eigenvalue weighted by Crippen LogP contribution is -2.19. The molecule has 1 N–H and O–H groups in total. The maximum absolute atomic E-state index is 11.6. The quantitative estimate of drug-likeness (QED) is 0.655. The van der Waals surface area contributed by atoms with E-state index < -0.39 is 0 Å². The molecule has 104 valence electrons. The Labute approximate surface area is 114 Å². The molecule has 0 aliphatic rings. The third-order valence-corrected chi connectivity index (χ3v) is 2.54. The maximum Gasteiger partial charge on any atom is 0.250 e. The first kappa shape index (κ1) is 15.2. The Bertz CT molecular complexity index is 456. The normalized spacial score (nSPS) is 11.3. The molecule has 0 fully saturated rings. The Kier molecular flexibility index (Phi) is 6.02. The van der Waals surface area contributed by atoms with E-state index in [1.807, 2.05) is 57.1 Å². The summed E-state index contributed by atoms with van der Waals surface area (Å²) in [6.07, 6.45) is 0. The van der Waals surface area contributed by atoms with Crippen molar-refractivity contribution in [3.05, 3.63) is 24.3 Å². The van der Waals surface area contributed by atoms with Gasteiger partial charge in [0.1, 0.15) is 12.4 Å². The van der Waals surface area contributed by atoms with Crippen LogP contribution in [-0.2, 0) is 9.53 Å². The summed E-state index contributed by atoms with van der Waals surface area (Å²) >= 11 is 0. The number of hydrogen-bond acceptors (Lipinski definition) is 3. The average molecular weight is 263 g/mol. The van der Waals surface area contributed by atoms with Crippen LogP contribution in [-0.4, -0.2) is 44.0 Å². The van der Waals surface area contributed by atoms with Gasteiger partial charge in [0, 0.05) is 20.7 Å². The van der Waals surface area contributed by atoms with E-state index in [2.05, 4.69) is 10.3 Å². The van der Waals surface area contributed by atoms with Crippen molar-refractivity contribution < 1.29 is 9.53 Å². The molecule has 0 atom stereocenters. The molecule has 0 saturated heterocycles. The van der Waals surface area contributed by atoms with Crippen molar-refractivity contribution in [2.24, 2.45) is 4.99 Å². The fourth-order valence-corrected chi connectivity index (χ4v) is 1.33. The summed E-state index contributed by atoms with van der Waals surface area (Å²) in [6.45, 7) is 4.35. The Morgan fingerprint density at radius 2 is 2.05 bits per heavy atom. The second kappa shape index (κ2) is 7.53. The first-order valence-electron chi connectivity index (χ1n) is 6.23. The van der Waals surface area contributed by atoms with Crippen LogP contribution in [0.4, 0.5) is 11.4 Å². The third-order valence-electron chi connectivity index (χ3n) is 2.54. The second-order valence-corrected chi connectivity index (χ2v) is 4.26. The highest BCUT2D eigenvalue weighted by Gasteiger charge is 2.06. The van der Waals surface area contributed by atoms with Crippen molar-refractivity contribution in [1.29, 1.82) is 0 Å². The zero-order valence-corrected chi connectivity index (χ0v) is 11.9. The van der Waals surface area contributed by atoms with Gasteiger partial charge in [0.15, 0.2) is 0 Å². The molecular formula is C14H21N3O2. The van der Waals surface area contributed by atoms with Gasteiger partial charge in [0.05, 0.1) is 11.4 Å². The van der Waals surface area contributed by atoms with Gasteiger partial charge in [-0.1, -0.05) is 12.1 Å². The largest absolute Gasteiger partial charge is 0.372 e. The second-order valence-electron chi connectivity index (χ2n) is 4.26. The van der Waals surface area contributed by atoms with Gasteiger partial charge in [0.25, 0.3) is 0 Å². The number of para-hydroxylation sites is 2. The van der Waals surface area contributed by atoms with Gasteiger partial charge in [0.2, 0.25) is 5.91 Å². The highest BCUT2D eigenvalue weighted by molar-refractivity contribution is 5.95. The summed E-state index contributed by atoms with van der Waals surface area (Å²) in [5.41, 5.74) is 1.42. The molecule has 1 amide bonds. The Hall–Kier alpha value is -1.88. The van der Waals surface area contributed by atoms with Gasteiger partial charge in [-0.15, -0.1) is 0 Å². The molecule has 19 heavy (non-hydrogen) atoms. The van der Waals surface area contributed by atoms with Crippen molar-refractivity contribution in [2.45, 2.75) is 13.8 Å². The summed E-state index contributed by atoms with van der Waals surface area (Å²) in [5, 5.41) is 2.80. The number of rotatable bonds is 5. The van der Waals surface area contributed by atoms with E-state index in [4.69, 9.17) is 4.74 Å². The lowest BCUT2D eigenvalue weighted by Gasteiger charge is -2.13. The summed E-state index contributed by atoms with van der Waals surface area (Å²) in [7, 11) is 3.85. The first-order valence-corrected chi connectivity index (χ1v) is 6.23. The minimum Gasteiger partial charge on any atom is -0.372 e. The molecule has 1 aromatic rings. The van der Waals surface area contributed by atoms with Crippen LogP contribution < -0.4 is 5.32 Å². The molecule has 0 aromatic heterocycles. The van der Waals surface area contributed by atoms with Crippen LogP contribution in [0.2, 0.25) is 0 Å². The van der Waals surface area contributed by atoms with Crippen LogP contribution >= 0.6 is 0 Å². The van der Waals surface area contributed by atoms with E-state index in [1.54, 1.807) is 0 Å². The SMILES string of the molecule is CCOCC(=O)Nc1ccccc1N=C(C)N(C)C. The molecule has 0 aliphatic carbocycles. The van der Waals surface area contributed by atoms with Crippen molar-refractivity contribution >= 4 is 23.1 Å². The van der Waals surface area contributed by atoms with Gasteiger partial charge in [-0.3, -0.25) is 4.79 Å². The molecule has 1 aromatic carbocycles. The predicted molar refractivity (Wildman–Crippen MR) is 78.0 cm³/mol. The van der Waals surface area contributed by atoms with Crippen molar-refractivity contribution in [3.63, 3.8) is 0 Å². The van der Waals surface area contributed by atoms with Crippen molar-refractivity contribution in [2.75, 3.05) is 32.6 Å². The van der Waals surface area contributed by atoms with E-state index in [9.17, 15) is 4.79 Å². The molecule has 0 saturated carbocycles. The van der Waals surface area contributed by atoms with Crippen LogP contribution in [0, 0.1) is 0 Å². The molecular weight excluding hydrogens is 242 g/mol. The highest BCUT2D eigenvalue weighted by Crippen LogP contribution is 2.24. The Balaban J connectivity index is 2.84. The summed E-state index contributed by atoms with van der Waals surface area (Å²) < 4.78 is 5.07. The number of ether oxygens (including phenoxy) is 1. The lowest BCUT2D eigenvalue weighted by atomic mass is 10.2. The molecule has 5 nitrogen and oxygen atoms in total. The number of nitrogens with one attached hydrogen (secondary N) is 1. The van der Waals surface area contributed by atoms with Gasteiger partial charge in [-0.2, -0.15) is 0 Å². The number of anilines is 1. The number of amides is 1. The van der Waals surface area contributed by atoms with E-state index in [1.165, 1.54) is 0 Å². The van der Waals surface area contributed by atoms with Gasteiger partial charge >= 0.3 is 0 Å². The fraction of sp³-hybridized carbons (Fsp3) is 0.429. The van der Waals surface area contributed by atoms with Gasteiger partial charge < -0.3 is 15.0 Å². The van der Waals surface area contributed by atoms with Crippen LogP contribution in [0.3, 0.4) is 0 Å². The summed E-state index contributed by atoms with van der Waals surface area (Å²) in [5.74, 6) is 0.693. The van der Waals surface area contributed by atoms with Crippen LogP contribution in [0.5, 0.6) is 0 Å². The predicted octanol–water partition coefficient (Wildman–Crippen LogP) is 2.27. The smallest absolute Gasteiger partial charge is 0.250 e. The zero-order valence-electron chi connectivity index (χ0n) is 11.9. The molecule has 5 heteroatoms. The van der Waals surface area contributed by atoms with E-state index >= 15 is 0 Å². The number of aliphatic imine (C=N–C) groups is 1. The zero-order chi connectivity index (χ0) is 14.3. The standard InChI is InChI=1S/C14H21N3O2/c1-5-19-10-14(18)16-13-9-7-6-8-12(13)15-11(2)17(3)4/h6-9H,5,10H2,1-4H3,(H,16,18). The highest BCUT2D eigenvalue weighted by atomic mass is 16.5. The fourth-order valence-electron chi connectivity index (χ4n) is 1.33. The lowest BCUT2D eigenvalue weighted by molar-refractivity contribution is -0.120. The van der Waals surface area contributed by atoms with E-state index in [0.717, 1.165) is 11.5 Å².